The highest BCUT2D eigenvalue weighted by atomic mass is 16.5. The van der Waals surface area contributed by atoms with Crippen molar-refractivity contribution in [1.29, 1.82) is 0 Å². The zero-order valence-corrected chi connectivity index (χ0v) is 7.86. The lowest BCUT2D eigenvalue weighted by atomic mass is 10.2. The summed E-state index contributed by atoms with van der Waals surface area (Å²) in [5.74, 6) is 0. The molecule has 1 aromatic carbocycles. The molecule has 1 unspecified atom stereocenters. The van der Waals surface area contributed by atoms with Gasteiger partial charge >= 0.3 is 0 Å². The number of hydrogen-bond acceptors (Lipinski definition) is 1. The van der Waals surface area contributed by atoms with Crippen molar-refractivity contribution < 1.29 is 5.06 Å². The molecule has 0 saturated carbocycles. The minimum atomic E-state index is -0.0415. The van der Waals surface area contributed by atoms with Crippen LogP contribution in [0.1, 0.15) is 12.5 Å². The molecule has 0 heterocycles. The lowest BCUT2D eigenvalue weighted by Crippen LogP contribution is -3.09. The summed E-state index contributed by atoms with van der Waals surface area (Å²) in [6.45, 7) is 5.98. The van der Waals surface area contributed by atoms with Crippen molar-refractivity contribution in [2.75, 3.05) is 0 Å². The first-order valence-corrected chi connectivity index (χ1v) is 4.43. The second-order valence-electron chi connectivity index (χ2n) is 3.15. The van der Waals surface area contributed by atoms with Crippen LogP contribution in [0, 0.1) is 5.21 Å². The van der Waals surface area contributed by atoms with Crippen molar-refractivity contribution in [3.05, 3.63) is 53.8 Å². The van der Waals surface area contributed by atoms with Crippen LogP contribution in [0.15, 0.2) is 43.0 Å². The summed E-state index contributed by atoms with van der Waals surface area (Å²) in [4.78, 5) is 0. The third kappa shape index (κ3) is 3.01. The van der Waals surface area contributed by atoms with Crippen LogP contribution in [0.25, 0.3) is 0 Å². The molecule has 0 aliphatic heterocycles. The van der Waals surface area contributed by atoms with E-state index in [9.17, 15) is 5.21 Å². The van der Waals surface area contributed by atoms with Crippen molar-refractivity contribution in [3.63, 3.8) is 0 Å². The van der Waals surface area contributed by atoms with E-state index in [0.717, 1.165) is 5.56 Å². The summed E-state index contributed by atoms with van der Waals surface area (Å²) in [6.07, 6.45) is 1.69. The number of nitrogens with one attached hydrogen (secondary N) is 1. The summed E-state index contributed by atoms with van der Waals surface area (Å²) >= 11 is 0. The largest absolute Gasteiger partial charge is 0.634 e. The normalized spacial score (nSPS) is 14.9. The molecule has 70 valence electrons. The summed E-state index contributed by atoms with van der Waals surface area (Å²) in [5, 5.41) is 11.7. The standard InChI is InChI=1S/C11H15NO/c1-3-10(2)12(13)9-11-7-5-4-6-8-11/h3-8,10,12H,1,9H2,2H3/t10-/m1/s1. The Labute approximate surface area is 79.1 Å². The molecule has 0 radical (unpaired) electrons. The maximum Gasteiger partial charge on any atom is 0.103 e. The zero-order chi connectivity index (χ0) is 9.68. The summed E-state index contributed by atoms with van der Waals surface area (Å²) in [6, 6.07) is 9.73. The average molecular weight is 177 g/mol. The number of hydroxylamine groups is 2. The highest BCUT2D eigenvalue weighted by Gasteiger charge is 2.04. The molecular formula is C11H15NO. The minimum absolute atomic E-state index is 0.0415. The fraction of sp³-hybridized carbons (Fsp3) is 0.273. The fourth-order valence-electron chi connectivity index (χ4n) is 1.09. The van der Waals surface area contributed by atoms with Gasteiger partial charge in [0.25, 0.3) is 0 Å². The lowest BCUT2D eigenvalue weighted by Gasteiger charge is -2.26. The van der Waals surface area contributed by atoms with Gasteiger partial charge in [0.05, 0.1) is 0 Å². The number of quaternary nitrogens is 1. The molecule has 2 nitrogen and oxygen atoms in total. The molecule has 0 aromatic heterocycles. The summed E-state index contributed by atoms with van der Waals surface area (Å²) in [7, 11) is 0. The van der Waals surface area contributed by atoms with Crippen LogP contribution in [0.3, 0.4) is 0 Å². The summed E-state index contributed by atoms with van der Waals surface area (Å²) in [5.41, 5.74) is 1.07. The predicted molar refractivity (Wildman–Crippen MR) is 54.1 cm³/mol. The Hall–Kier alpha value is -1.12. The number of benzene rings is 1. The minimum Gasteiger partial charge on any atom is -0.634 e. The van der Waals surface area contributed by atoms with Gasteiger partial charge in [-0.05, 0) is 13.0 Å². The van der Waals surface area contributed by atoms with Gasteiger partial charge in [-0.25, -0.2) is 0 Å². The van der Waals surface area contributed by atoms with Gasteiger partial charge < -0.3 is 10.3 Å². The topological polar surface area (TPSA) is 27.5 Å². The summed E-state index contributed by atoms with van der Waals surface area (Å²) < 4.78 is 0. The molecule has 2 atom stereocenters. The predicted octanol–water partition coefficient (Wildman–Crippen LogP) is 1.14. The van der Waals surface area contributed by atoms with E-state index in [1.807, 2.05) is 37.3 Å². The van der Waals surface area contributed by atoms with Crippen LogP contribution < -0.4 is 5.06 Å². The third-order valence-electron chi connectivity index (χ3n) is 2.08. The van der Waals surface area contributed by atoms with Crippen molar-refractivity contribution in [3.8, 4) is 0 Å². The SMILES string of the molecule is C=C[C@@H](C)[NH+]([O-])Cc1ccccc1. The monoisotopic (exact) mass is 177 g/mol. The van der Waals surface area contributed by atoms with E-state index >= 15 is 0 Å². The first-order valence-electron chi connectivity index (χ1n) is 4.43. The van der Waals surface area contributed by atoms with E-state index in [1.165, 1.54) is 0 Å². The van der Waals surface area contributed by atoms with Gasteiger partial charge in [0.1, 0.15) is 12.6 Å². The average Bonchev–Trinajstić information content (AvgIpc) is 2.18. The maximum atomic E-state index is 11.5. The molecule has 1 aromatic rings. The molecule has 0 bridgehead atoms. The third-order valence-corrected chi connectivity index (χ3v) is 2.08. The number of hydrogen-bond donors (Lipinski definition) is 1. The Balaban J connectivity index is 2.54. The highest BCUT2D eigenvalue weighted by Crippen LogP contribution is 1.95. The van der Waals surface area contributed by atoms with Crippen LogP contribution in [-0.2, 0) is 6.54 Å². The highest BCUT2D eigenvalue weighted by molar-refractivity contribution is 5.13. The van der Waals surface area contributed by atoms with Crippen LogP contribution in [-0.4, -0.2) is 6.04 Å². The van der Waals surface area contributed by atoms with E-state index in [-0.39, 0.29) is 11.1 Å². The second-order valence-corrected chi connectivity index (χ2v) is 3.15. The lowest BCUT2D eigenvalue weighted by molar-refractivity contribution is -0.880. The number of rotatable bonds is 4. The van der Waals surface area contributed by atoms with E-state index in [1.54, 1.807) is 6.08 Å². The molecule has 1 N–H and O–H groups in total. The van der Waals surface area contributed by atoms with Gasteiger partial charge in [-0.1, -0.05) is 36.9 Å². The van der Waals surface area contributed by atoms with Gasteiger partial charge in [-0.3, -0.25) is 0 Å². The van der Waals surface area contributed by atoms with Crippen LogP contribution >= 0.6 is 0 Å². The maximum absolute atomic E-state index is 11.5. The Morgan fingerprint density at radius 1 is 1.46 bits per heavy atom. The van der Waals surface area contributed by atoms with Gasteiger partial charge in [-0.15, -0.1) is 0 Å². The van der Waals surface area contributed by atoms with Gasteiger partial charge in [0.2, 0.25) is 0 Å². The molecule has 0 amide bonds. The molecule has 2 heteroatoms. The second kappa shape index (κ2) is 4.80. The Morgan fingerprint density at radius 3 is 2.62 bits per heavy atom. The fourth-order valence-corrected chi connectivity index (χ4v) is 1.09. The molecule has 13 heavy (non-hydrogen) atoms. The molecule has 0 fully saturated rings. The van der Waals surface area contributed by atoms with E-state index < -0.39 is 0 Å². The Morgan fingerprint density at radius 2 is 2.08 bits per heavy atom. The molecular weight excluding hydrogens is 162 g/mol. The molecule has 0 aliphatic carbocycles. The van der Waals surface area contributed by atoms with Crippen LogP contribution in [0.4, 0.5) is 0 Å². The smallest absolute Gasteiger partial charge is 0.103 e. The molecule has 0 spiro atoms. The van der Waals surface area contributed by atoms with Gasteiger partial charge in [0.15, 0.2) is 0 Å². The molecule has 0 saturated heterocycles. The molecule has 0 aliphatic rings. The quantitative estimate of drug-likeness (QED) is 0.542. The van der Waals surface area contributed by atoms with Crippen molar-refractivity contribution in [1.82, 2.24) is 0 Å². The van der Waals surface area contributed by atoms with Crippen LogP contribution in [0.5, 0.6) is 0 Å². The van der Waals surface area contributed by atoms with E-state index in [0.29, 0.717) is 6.54 Å². The van der Waals surface area contributed by atoms with E-state index in [2.05, 4.69) is 6.58 Å². The van der Waals surface area contributed by atoms with Gasteiger partial charge in [0, 0.05) is 5.56 Å². The van der Waals surface area contributed by atoms with Crippen molar-refractivity contribution in [2.24, 2.45) is 0 Å². The Bertz CT molecular complexity index is 258. The first-order chi connectivity index (χ1) is 6.24. The zero-order valence-electron chi connectivity index (χ0n) is 7.86. The molecule has 1 rings (SSSR count). The van der Waals surface area contributed by atoms with E-state index in [4.69, 9.17) is 0 Å². The first kappa shape index (κ1) is 9.96. The van der Waals surface area contributed by atoms with Crippen molar-refractivity contribution in [2.45, 2.75) is 19.5 Å². The van der Waals surface area contributed by atoms with Gasteiger partial charge in [-0.2, -0.15) is 0 Å². The van der Waals surface area contributed by atoms with Crippen LogP contribution in [0.2, 0.25) is 0 Å². The Kier molecular flexibility index (Phi) is 3.68. The van der Waals surface area contributed by atoms with Crippen molar-refractivity contribution >= 4 is 0 Å².